The van der Waals surface area contributed by atoms with E-state index in [0.29, 0.717) is 27.9 Å². The molecule has 0 amide bonds. The van der Waals surface area contributed by atoms with Crippen LogP contribution in [0.2, 0.25) is 0 Å². The van der Waals surface area contributed by atoms with Crippen LogP contribution in [-0.2, 0) is 0 Å². The molecule has 0 unspecified atom stereocenters. The number of benzene rings is 8. The Bertz CT molecular complexity index is 2990. The van der Waals surface area contributed by atoms with Crippen molar-refractivity contribution in [2.24, 2.45) is 0 Å². The van der Waals surface area contributed by atoms with Crippen molar-refractivity contribution in [3.8, 4) is 22.3 Å². The Morgan fingerprint density at radius 2 is 1.15 bits per heavy atom. The highest BCUT2D eigenvalue weighted by molar-refractivity contribution is 6.19. The van der Waals surface area contributed by atoms with Crippen molar-refractivity contribution in [2.75, 3.05) is 4.90 Å². The number of fused-ring (bicyclic) bond motifs is 6. The summed E-state index contributed by atoms with van der Waals surface area (Å²) in [5.74, 6) is 0. The van der Waals surface area contributed by atoms with Gasteiger partial charge >= 0.3 is 0 Å². The molecule has 1 aromatic heterocycles. The van der Waals surface area contributed by atoms with Crippen molar-refractivity contribution in [1.29, 1.82) is 0 Å². The Balaban J connectivity index is 1.31. The predicted molar refractivity (Wildman–Crippen MR) is 194 cm³/mol. The Hall–Kier alpha value is -6.12. The first-order chi connectivity index (χ1) is 26.5. The quantitative estimate of drug-likeness (QED) is 0.196. The van der Waals surface area contributed by atoms with Gasteiger partial charge in [0, 0.05) is 22.1 Å². The van der Waals surface area contributed by atoms with Gasteiger partial charge in [0.05, 0.1) is 23.4 Å². The lowest BCUT2D eigenvalue weighted by atomic mass is 10.0. The van der Waals surface area contributed by atoms with Gasteiger partial charge in [-0.3, -0.25) is 0 Å². The summed E-state index contributed by atoms with van der Waals surface area (Å²) in [7, 11) is 0. The molecule has 2 nitrogen and oxygen atoms in total. The highest BCUT2D eigenvalue weighted by Crippen LogP contribution is 2.44. The lowest BCUT2D eigenvalue weighted by Gasteiger charge is -2.26. The van der Waals surface area contributed by atoms with Crippen LogP contribution in [0.15, 0.2) is 180 Å². The van der Waals surface area contributed by atoms with E-state index >= 15 is 0 Å². The van der Waals surface area contributed by atoms with Crippen LogP contribution in [0.4, 0.5) is 17.1 Å². The lowest BCUT2D eigenvalue weighted by molar-refractivity contribution is 0.672. The molecule has 0 spiro atoms. The summed E-state index contributed by atoms with van der Waals surface area (Å²) >= 11 is 0. The van der Waals surface area contributed by atoms with E-state index in [9.17, 15) is 5.48 Å². The van der Waals surface area contributed by atoms with Crippen molar-refractivity contribution < 1.29 is 16.8 Å². The number of furan rings is 1. The molecule has 216 valence electrons. The number of hydrogen-bond acceptors (Lipinski definition) is 2. The third-order valence-corrected chi connectivity index (χ3v) is 8.40. The van der Waals surface area contributed by atoms with E-state index in [1.165, 1.54) is 0 Å². The van der Waals surface area contributed by atoms with Crippen LogP contribution >= 0.6 is 0 Å². The maximum absolute atomic E-state index is 9.43. The second-order valence-corrected chi connectivity index (χ2v) is 11.1. The van der Waals surface area contributed by atoms with Crippen LogP contribution in [0.1, 0.15) is 12.3 Å². The molecular weight excluding hydrogens is 558 g/mol. The first-order valence-corrected chi connectivity index (χ1v) is 14.9. The van der Waals surface area contributed by atoms with Gasteiger partial charge in [0.25, 0.3) is 0 Å². The highest BCUT2D eigenvalue weighted by Gasteiger charge is 2.20. The van der Waals surface area contributed by atoms with E-state index in [-0.39, 0.29) is 11.3 Å². The summed E-state index contributed by atoms with van der Waals surface area (Å²) in [4.78, 5) is 1.68. The standard InChI is InChI=1S/C44H29NO/c1-2-9-30(10-3-1)32-19-24-37(25-20-32)45(38-26-21-33(22-27-38)36-18-17-31-11-4-5-13-35(31)29-36)41-15-8-16-42-43(41)40-28-23-34-12-6-7-14-39(34)44(40)46-42/h1-29H/i1D,2D,3D,9D,10D,19D,20D,24D,25D. The molecule has 9 rings (SSSR count). The molecule has 0 N–H and O–H groups in total. The fraction of sp³-hybridized carbons (Fsp3) is 0. The molecule has 0 aliphatic rings. The van der Waals surface area contributed by atoms with Crippen molar-refractivity contribution >= 4 is 60.5 Å². The molecule has 0 atom stereocenters. The van der Waals surface area contributed by atoms with E-state index < -0.39 is 59.9 Å². The maximum atomic E-state index is 9.43. The van der Waals surface area contributed by atoms with Gasteiger partial charge in [-0.15, -0.1) is 0 Å². The molecule has 0 bridgehead atoms. The van der Waals surface area contributed by atoms with Gasteiger partial charge in [-0.25, -0.2) is 0 Å². The molecule has 0 saturated carbocycles. The largest absolute Gasteiger partial charge is 0.455 e. The monoisotopic (exact) mass is 596 g/mol. The van der Waals surface area contributed by atoms with E-state index in [1.54, 1.807) is 4.90 Å². The smallest absolute Gasteiger partial charge is 0.143 e. The average Bonchev–Trinajstić information content (AvgIpc) is 3.61. The topological polar surface area (TPSA) is 16.4 Å². The Morgan fingerprint density at radius 3 is 1.98 bits per heavy atom. The van der Waals surface area contributed by atoms with Crippen LogP contribution in [0, 0.1) is 0 Å². The van der Waals surface area contributed by atoms with Gasteiger partial charge in [0.2, 0.25) is 0 Å². The summed E-state index contributed by atoms with van der Waals surface area (Å²) in [5, 5.41) is 5.64. The molecule has 9 aromatic rings. The minimum atomic E-state index is -0.629. The fourth-order valence-electron chi connectivity index (χ4n) is 6.20. The number of anilines is 3. The van der Waals surface area contributed by atoms with Gasteiger partial charge < -0.3 is 9.32 Å². The first kappa shape index (κ1) is 18.6. The zero-order chi connectivity index (χ0) is 38.3. The van der Waals surface area contributed by atoms with Crippen molar-refractivity contribution in [3.05, 3.63) is 176 Å². The Morgan fingerprint density at radius 1 is 0.457 bits per heavy atom. The van der Waals surface area contributed by atoms with Crippen LogP contribution in [-0.4, -0.2) is 0 Å². The molecule has 8 aromatic carbocycles. The number of rotatable bonds is 5. The van der Waals surface area contributed by atoms with Gasteiger partial charge in [0.1, 0.15) is 11.2 Å². The third-order valence-electron chi connectivity index (χ3n) is 8.40. The van der Waals surface area contributed by atoms with Crippen LogP contribution < -0.4 is 4.90 Å². The molecule has 0 fully saturated rings. The molecular formula is C44H29NO. The number of hydrogen-bond donors (Lipinski definition) is 0. The van der Waals surface area contributed by atoms with Gasteiger partial charge in [-0.2, -0.15) is 0 Å². The predicted octanol–water partition coefficient (Wildman–Crippen LogP) is 12.7. The first-order valence-electron chi connectivity index (χ1n) is 19.4. The van der Waals surface area contributed by atoms with E-state index in [4.69, 9.17) is 11.3 Å². The van der Waals surface area contributed by atoms with Crippen LogP contribution in [0.3, 0.4) is 0 Å². The third kappa shape index (κ3) is 4.43. The lowest BCUT2D eigenvalue weighted by Crippen LogP contribution is -2.10. The molecule has 1 heterocycles. The SMILES string of the molecule is [2H]c1c([2H])c([2H])c(-c2c([2H])c([2H])c(N(c3ccc(-c4ccc5ccccc5c4)cc3)c3cccc4oc5c6ccccc6ccc5c34)c([2H])c2[2H])c([2H])c1[2H]. The zero-order valence-electron chi connectivity index (χ0n) is 33.4. The van der Waals surface area contributed by atoms with Crippen molar-refractivity contribution in [1.82, 2.24) is 0 Å². The fourth-order valence-corrected chi connectivity index (χ4v) is 6.20. The summed E-state index contributed by atoms with van der Waals surface area (Å²) in [5.41, 5.74) is 3.41. The normalized spacial score (nSPS) is 14.2. The van der Waals surface area contributed by atoms with Crippen molar-refractivity contribution in [3.63, 3.8) is 0 Å². The van der Waals surface area contributed by atoms with E-state index in [1.807, 2.05) is 91.0 Å². The number of nitrogens with zero attached hydrogens (tertiary/aromatic N) is 1. The molecule has 0 saturated heterocycles. The minimum Gasteiger partial charge on any atom is -0.455 e. The summed E-state index contributed by atoms with van der Waals surface area (Å²) < 4.78 is 85.4. The average molecular weight is 597 g/mol. The maximum Gasteiger partial charge on any atom is 0.143 e. The molecule has 0 radical (unpaired) electrons. The second kappa shape index (κ2) is 10.8. The van der Waals surface area contributed by atoms with E-state index in [0.717, 1.165) is 38.1 Å². The van der Waals surface area contributed by atoms with Crippen molar-refractivity contribution in [2.45, 2.75) is 0 Å². The highest BCUT2D eigenvalue weighted by atomic mass is 16.3. The molecule has 46 heavy (non-hydrogen) atoms. The van der Waals surface area contributed by atoms with E-state index in [2.05, 4.69) is 30.3 Å². The van der Waals surface area contributed by atoms with Gasteiger partial charge in [-0.05, 0) is 86.9 Å². The second-order valence-electron chi connectivity index (χ2n) is 11.1. The molecule has 0 aliphatic heterocycles. The van der Waals surface area contributed by atoms with Crippen LogP contribution in [0.5, 0.6) is 0 Å². The van der Waals surface area contributed by atoms with Crippen LogP contribution in [0.25, 0.3) is 65.7 Å². The summed E-state index contributed by atoms with van der Waals surface area (Å²) in [6.45, 7) is 0. The van der Waals surface area contributed by atoms with Gasteiger partial charge in [-0.1, -0.05) is 127 Å². The Kier molecular flexibility index (Phi) is 4.37. The molecule has 0 aliphatic carbocycles. The molecule has 2 heteroatoms. The summed E-state index contributed by atoms with van der Waals surface area (Å²) in [6.07, 6.45) is 0. The zero-order valence-corrected chi connectivity index (χ0v) is 24.4. The Labute approximate surface area is 280 Å². The van der Waals surface area contributed by atoms with Gasteiger partial charge in [0.15, 0.2) is 0 Å². The summed E-state index contributed by atoms with van der Waals surface area (Å²) in [6, 6.07) is 34.3. The minimum absolute atomic E-state index is 0.0767.